The predicted octanol–water partition coefficient (Wildman–Crippen LogP) is 2.86. The number of ether oxygens (including phenoxy) is 1. The summed E-state index contributed by atoms with van der Waals surface area (Å²) in [5, 5.41) is 4.09. The molecule has 1 fully saturated rings. The summed E-state index contributed by atoms with van der Waals surface area (Å²) in [4.78, 5) is 20.7. The summed E-state index contributed by atoms with van der Waals surface area (Å²) in [5.41, 5.74) is 3.80. The molecule has 28 heavy (non-hydrogen) atoms. The number of benzene rings is 2. The highest BCUT2D eigenvalue weighted by molar-refractivity contribution is 6.02. The van der Waals surface area contributed by atoms with Gasteiger partial charge in [0.2, 0.25) is 0 Å². The van der Waals surface area contributed by atoms with Crippen LogP contribution in [0.1, 0.15) is 16.1 Å². The number of H-pyrrole nitrogens is 1. The largest absolute Gasteiger partial charge is 0.497 e. The van der Waals surface area contributed by atoms with Gasteiger partial charge < -0.3 is 24.8 Å². The summed E-state index contributed by atoms with van der Waals surface area (Å²) in [6, 6.07) is 15.9. The number of piperazine rings is 1. The van der Waals surface area contributed by atoms with E-state index in [-0.39, 0.29) is 5.91 Å². The Morgan fingerprint density at radius 1 is 1.11 bits per heavy atom. The van der Waals surface area contributed by atoms with Gasteiger partial charge in [0.05, 0.1) is 7.11 Å². The zero-order valence-electron chi connectivity index (χ0n) is 16.4. The molecule has 0 aliphatic carbocycles. The van der Waals surface area contributed by atoms with Crippen LogP contribution in [-0.4, -0.2) is 56.1 Å². The molecule has 6 nitrogen and oxygen atoms in total. The second kappa shape index (κ2) is 7.94. The van der Waals surface area contributed by atoms with E-state index < -0.39 is 0 Å². The summed E-state index contributed by atoms with van der Waals surface area (Å²) < 4.78 is 5.17. The van der Waals surface area contributed by atoms with E-state index in [0.717, 1.165) is 48.4 Å². The van der Waals surface area contributed by atoms with Crippen LogP contribution >= 0.6 is 0 Å². The molecule has 0 bridgehead atoms. The van der Waals surface area contributed by atoms with Crippen molar-refractivity contribution in [2.24, 2.45) is 0 Å². The maximum atomic E-state index is 12.7. The van der Waals surface area contributed by atoms with Gasteiger partial charge in [0.1, 0.15) is 11.4 Å². The van der Waals surface area contributed by atoms with Crippen LogP contribution in [-0.2, 0) is 6.54 Å². The third-order valence-electron chi connectivity index (χ3n) is 5.34. The molecule has 3 aromatic rings. The SMILES string of the molecule is COc1ccc(CNC(=O)c2cc3c(N4CCN(C)CC4)cccc3[nH]2)cc1. The van der Waals surface area contributed by atoms with Crippen molar-refractivity contribution in [1.29, 1.82) is 0 Å². The number of fused-ring (bicyclic) bond motifs is 1. The van der Waals surface area contributed by atoms with Gasteiger partial charge in [0.15, 0.2) is 0 Å². The molecular formula is C22H26N4O2. The number of anilines is 1. The number of carbonyl (C=O) groups is 1. The molecule has 1 aromatic heterocycles. The first-order valence-electron chi connectivity index (χ1n) is 9.60. The van der Waals surface area contributed by atoms with Crippen LogP contribution in [0.4, 0.5) is 5.69 Å². The van der Waals surface area contributed by atoms with Crippen LogP contribution < -0.4 is 15.0 Å². The van der Waals surface area contributed by atoms with E-state index in [4.69, 9.17) is 4.74 Å². The van der Waals surface area contributed by atoms with E-state index in [9.17, 15) is 4.79 Å². The lowest BCUT2D eigenvalue weighted by Gasteiger charge is -2.34. The Labute approximate surface area is 165 Å². The fraction of sp³-hybridized carbons (Fsp3) is 0.318. The molecule has 146 valence electrons. The predicted molar refractivity (Wildman–Crippen MR) is 112 cm³/mol. The van der Waals surface area contributed by atoms with E-state index in [1.54, 1.807) is 7.11 Å². The molecule has 0 radical (unpaired) electrons. The summed E-state index contributed by atoms with van der Waals surface area (Å²) in [6.07, 6.45) is 0. The smallest absolute Gasteiger partial charge is 0.267 e. The number of amides is 1. The van der Waals surface area contributed by atoms with Gasteiger partial charge in [-0.3, -0.25) is 4.79 Å². The quantitative estimate of drug-likeness (QED) is 0.717. The Morgan fingerprint density at radius 2 is 1.86 bits per heavy atom. The van der Waals surface area contributed by atoms with Crippen LogP contribution in [0.3, 0.4) is 0 Å². The summed E-state index contributed by atoms with van der Waals surface area (Å²) in [6.45, 7) is 4.58. The number of aromatic nitrogens is 1. The molecule has 0 unspecified atom stereocenters. The minimum atomic E-state index is -0.101. The van der Waals surface area contributed by atoms with E-state index in [1.807, 2.05) is 42.5 Å². The lowest BCUT2D eigenvalue weighted by molar-refractivity contribution is 0.0947. The van der Waals surface area contributed by atoms with Crippen molar-refractivity contribution in [3.63, 3.8) is 0 Å². The Hall–Kier alpha value is -2.99. The topological polar surface area (TPSA) is 60.6 Å². The Morgan fingerprint density at radius 3 is 2.57 bits per heavy atom. The number of nitrogens with one attached hydrogen (secondary N) is 2. The normalized spacial score (nSPS) is 15.0. The van der Waals surface area contributed by atoms with Gasteiger partial charge >= 0.3 is 0 Å². The molecular weight excluding hydrogens is 352 g/mol. The van der Waals surface area contributed by atoms with Crippen LogP contribution in [0.25, 0.3) is 10.9 Å². The molecule has 2 N–H and O–H groups in total. The van der Waals surface area contributed by atoms with Crippen LogP contribution in [0.2, 0.25) is 0 Å². The highest BCUT2D eigenvalue weighted by atomic mass is 16.5. The van der Waals surface area contributed by atoms with E-state index in [2.05, 4.69) is 33.2 Å². The minimum Gasteiger partial charge on any atom is -0.497 e. The Balaban J connectivity index is 1.49. The number of carbonyl (C=O) groups excluding carboxylic acids is 1. The van der Waals surface area contributed by atoms with Crippen molar-refractivity contribution < 1.29 is 9.53 Å². The average molecular weight is 378 g/mol. The number of likely N-dealkylation sites (N-methyl/N-ethyl adjacent to an activating group) is 1. The Bertz CT molecular complexity index is 956. The molecule has 6 heteroatoms. The lowest BCUT2D eigenvalue weighted by Crippen LogP contribution is -2.44. The van der Waals surface area contributed by atoms with Crippen molar-refractivity contribution in [3.8, 4) is 5.75 Å². The van der Waals surface area contributed by atoms with Gasteiger partial charge in [-0.05, 0) is 42.9 Å². The zero-order valence-corrected chi connectivity index (χ0v) is 16.4. The summed E-state index contributed by atoms with van der Waals surface area (Å²) in [7, 11) is 3.79. The highest BCUT2D eigenvalue weighted by Crippen LogP contribution is 2.28. The molecule has 2 aromatic carbocycles. The Kier molecular flexibility index (Phi) is 5.21. The fourth-order valence-electron chi connectivity index (χ4n) is 3.61. The van der Waals surface area contributed by atoms with Gasteiger partial charge in [-0.1, -0.05) is 18.2 Å². The minimum absolute atomic E-state index is 0.101. The highest BCUT2D eigenvalue weighted by Gasteiger charge is 2.18. The molecule has 1 aliphatic heterocycles. The number of nitrogens with zero attached hydrogens (tertiary/aromatic N) is 2. The molecule has 1 aliphatic rings. The second-order valence-corrected chi connectivity index (χ2v) is 7.24. The molecule has 0 atom stereocenters. The van der Waals surface area contributed by atoms with Gasteiger partial charge in [0.25, 0.3) is 5.91 Å². The lowest BCUT2D eigenvalue weighted by atomic mass is 10.1. The van der Waals surface area contributed by atoms with Crippen LogP contribution in [0.5, 0.6) is 5.75 Å². The molecule has 0 spiro atoms. The third-order valence-corrected chi connectivity index (χ3v) is 5.34. The second-order valence-electron chi connectivity index (χ2n) is 7.24. The maximum Gasteiger partial charge on any atom is 0.267 e. The van der Waals surface area contributed by atoms with Crippen molar-refractivity contribution in [1.82, 2.24) is 15.2 Å². The van der Waals surface area contributed by atoms with Crippen molar-refractivity contribution >= 4 is 22.5 Å². The van der Waals surface area contributed by atoms with Gasteiger partial charge in [0, 0.05) is 49.3 Å². The van der Waals surface area contributed by atoms with E-state index >= 15 is 0 Å². The standard InChI is InChI=1S/C22H26N4O2/c1-25-10-12-26(13-11-25)21-5-3-4-19-18(21)14-20(24-19)22(27)23-15-16-6-8-17(28-2)9-7-16/h3-9,14,24H,10-13,15H2,1-2H3,(H,23,27). The molecule has 4 rings (SSSR count). The summed E-state index contributed by atoms with van der Waals surface area (Å²) >= 11 is 0. The van der Waals surface area contributed by atoms with Crippen molar-refractivity contribution in [2.75, 3.05) is 45.2 Å². The zero-order chi connectivity index (χ0) is 19.5. The first kappa shape index (κ1) is 18.4. The first-order valence-corrected chi connectivity index (χ1v) is 9.60. The maximum absolute atomic E-state index is 12.7. The van der Waals surface area contributed by atoms with Crippen LogP contribution in [0.15, 0.2) is 48.5 Å². The molecule has 1 amide bonds. The number of aromatic amines is 1. The van der Waals surface area contributed by atoms with E-state index in [0.29, 0.717) is 12.2 Å². The summed E-state index contributed by atoms with van der Waals surface area (Å²) in [5.74, 6) is 0.707. The molecule has 1 saturated heterocycles. The van der Waals surface area contributed by atoms with Gasteiger partial charge in [-0.25, -0.2) is 0 Å². The number of hydrogen-bond acceptors (Lipinski definition) is 4. The average Bonchev–Trinajstić information content (AvgIpc) is 3.17. The van der Waals surface area contributed by atoms with E-state index in [1.165, 1.54) is 5.69 Å². The number of hydrogen-bond donors (Lipinski definition) is 2. The van der Waals surface area contributed by atoms with Crippen LogP contribution in [0, 0.1) is 0 Å². The van der Waals surface area contributed by atoms with Crippen molar-refractivity contribution in [2.45, 2.75) is 6.54 Å². The molecule has 0 saturated carbocycles. The van der Waals surface area contributed by atoms with Gasteiger partial charge in [-0.15, -0.1) is 0 Å². The monoisotopic (exact) mass is 378 g/mol. The number of rotatable bonds is 5. The number of methoxy groups -OCH3 is 1. The fourth-order valence-corrected chi connectivity index (χ4v) is 3.61. The van der Waals surface area contributed by atoms with Crippen molar-refractivity contribution in [3.05, 3.63) is 59.8 Å². The van der Waals surface area contributed by atoms with Gasteiger partial charge in [-0.2, -0.15) is 0 Å². The first-order chi connectivity index (χ1) is 13.6. The molecule has 2 heterocycles. The third kappa shape index (κ3) is 3.82.